The lowest BCUT2D eigenvalue weighted by molar-refractivity contribution is -0.0612. The fraction of sp³-hybridized carbons (Fsp3) is 0.253. The minimum absolute atomic E-state index is 0. The third kappa shape index (κ3) is 34.4. The van der Waals surface area contributed by atoms with E-state index in [-0.39, 0.29) is 7.72 Å². The lowest BCUT2D eigenvalue weighted by atomic mass is 10.0. The molecule has 0 spiro atoms. The van der Waals surface area contributed by atoms with Crippen LogP contribution >= 0.6 is 43.5 Å². The molecule has 0 aromatic heterocycles. The highest BCUT2D eigenvalue weighted by Crippen LogP contribution is 2.29. The Kier molecular flexibility index (Phi) is 42.1. The number of alkyl halides is 1. The van der Waals surface area contributed by atoms with Crippen molar-refractivity contribution in [3.63, 3.8) is 0 Å². The summed E-state index contributed by atoms with van der Waals surface area (Å²) in [5, 5.41) is 30.3. The SMILES string of the molecule is Brc1ccc2cc(OCc3ccccc3)ccc2c1.C#CCCC.C=COCC.CCCC#Cc1ccc2cc(OCc3ccccc3)ccc2c1.CCCCCc1ccc2cc(O)ccc2c1.CCCCCc1ccc2cc(OC(C)OCC)ccc2c1.ClCc1ccccc1.Oc1ccc2cc(Br)ccc2c1.[HH]. The van der Waals surface area contributed by atoms with Crippen LogP contribution in [-0.4, -0.2) is 29.7 Å². The number of phenolic OH excluding ortho intramolecular Hbond substituents is 2. The third-order valence-corrected chi connectivity index (χ3v) is 18.1. The van der Waals surface area contributed by atoms with Crippen LogP contribution < -0.4 is 14.2 Å². The Bertz CT molecular complexity index is 4820. The van der Waals surface area contributed by atoms with Crippen LogP contribution in [0.25, 0.3) is 53.9 Å². The zero-order chi connectivity index (χ0) is 78.1. The van der Waals surface area contributed by atoms with Gasteiger partial charge < -0.3 is 33.9 Å². The van der Waals surface area contributed by atoms with E-state index in [4.69, 9.17) is 37.0 Å². The van der Waals surface area contributed by atoms with Gasteiger partial charge in [-0.25, -0.2) is 0 Å². The summed E-state index contributed by atoms with van der Waals surface area (Å²) in [4.78, 5) is 0. The van der Waals surface area contributed by atoms with Crippen LogP contribution in [-0.2, 0) is 41.4 Å². The molecular weight excluding hydrogens is 1500 g/mol. The first-order valence-corrected chi connectivity index (χ1v) is 40.0. The van der Waals surface area contributed by atoms with Crippen molar-refractivity contribution in [2.24, 2.45) is 0 Å². The van der Waals surface area contributed by atoms with Crippen molar-refractivity contribution in [3.05, 3.63) is 328 Å². The van der Waals surface area contributed by atoms with E-state index in [9.17, 15) is 10.2 Å². The number of hydrogen-bond donors (Lipinski definition) is 2. The number of aromatic hydroxyl groups is 2. The molecule has 0 aliphatic carbocycles. The molecule has 0 bridgehead atoms. The summed E-state index contributed by atoms with van der Waals surface area (Å²) in [6, 6.07) is 91.6. The highest BCUT2D eigenvalue weighted by molar-refractivity contribution is 9.10. The second-order valence-corrected chi connectivity index (χ2v) is 27.7. The van der Waals surface area contributed by atoms with E-state index in [1.807, 2.05) is 148 Å². The fourth-order valence-corrected chi connectivity index (χ4v) is 12.0. The van der Waals surface area contributed by atoms with E-state index in [0.717, 1.165) is 86.6 Å². The van der Waals surface area contributed by atoms with Gasteiger partial charge in [0.2, 0.25) is 0 Å². The van der Waals surface area contributed by atoms with Gasteiger partial charge in [0.25, 0.3) is 0 Å². The first-order valence-electron chi connectivity index (χ1n) is 37.9. The summed E-state index contributed by atoms with van der Waals surface area (Å²) in [7, 11) is 0. The molecule has 0 aliphatic rings. The minimum atomic E-state index is -0.208. The molecule has 0 radical (unpaired) electrons. The summed E-state index contributed by atoms with van der Waals surface area (Å²) < 4.78 is 29.6. The Labute approximate surface area is 673 Å². The summed E-state index contributed by atoms with van der Waals surface area (Å²) in [6.45, 7) is 20.4. The number of phenols is 2. The van der Waals surface area contributed by atoms with Crippen LogP contribution in [0.15, 0.2) is 295 Å². The second-order valence-electron chi connectivity index (χ2n) is 25.6. The predicted octanol–water partition coefficient (Wildman–Crippen LogP) is 28.9. The third-order valence-electron chi connectivity index (χ3n) is 16.8. The second kappa shape index (κ2) is 52.2. The summed E-state index contributed by atoms with van der Waals surface area (Å²) >= 11 is 12.4. The molecule has 0 heterocycles. The smallest absolute Gasteiger partial charge is 0.196 e. The highest BCUT2D eigenvalue weighted by atomic mass is 79.9. The zero-order valence-corrected chi connectivity index (χ0v) is 68.4. The molecular formula is C99H109Br2ClO7. The van der Waals surface area contributed by atoms with Gasteiger partial charge >= 0.3 is 0 Å². The molecule has 10 heteroatoms. The van der Waals surface area contributed by atoms with Gasteiger partial charge in [0.1, 0.15) is 42.0 Å². The van der Waals surface area contributed by atoms with Gasteiger partial charge in [0.05, 0.1) is 12.9 Å². The van der Waals surface area contributed by atoms with E-state index < -0.39 is 0 Å². The van der Waals surface area contributed by atoms with Gasteiger partial charge in [0.15, 0.2) is 6.29 Å². The molecule has 0 aliphatic heterocycles. The zero-order valence-electron chi connectivity index (χ0n) is 64.5. The van der Waals surface area contributed by atoms with Crippen molar-refractivity contribution in [2.45, 2.75) is 151 Å². The van der Waals surface area contributed by atoms with Crippen molar-refractivity contribution in [2.75, 3.05) is 13.2 Å². The Morgan fingerprint density at radius 2 is 0.817 bits per heavy atom. The van der Waals surface area contributed by atoms with Crippen LogP contribution in [0.1, 0.15) is 147 Å². The molecule has 568 valence electrons. The Hall–Kier alpha value is -9.97. The van der Waals surface area contributed by atoms with Gasteiger partial charge in [-0.3, -0.25) is 0 Å². The Morgan fingerprint density at radius 3 is 1.22 bits per heavy atom. The standard InChI is InChI=1S/C22H20O.C19H26O2.C17H13BrO.C15H18O.C10H7BrO.C7H7Cl.C5H8.C4H8O.H2/c1-2-3-5-8-18-11-12-21-16-22(14-13-20(21)15-18)23-17-19-9-6-4-7-10-19;1-4-6-7-8-16-9-10-18-14-19(12-11-17(18)13-16)21-15(3)20-5-2;18-16-8-6-15-11-17(9-7-14(15)10-16)19-12-13-4-2-1-3-5-13;1-2-3-4-5-12-6-7-14-11-15(16)9-8-13(14)10-12;11-9-3-1-8-6-10(12)4-2-7(8)5-9;8-6-7-4-2-1-3-5-7;2*1-3-5-4-2;/h4,6-7,9-16H,2-3,17H2,1H3;9-15H,4-8H2,1-3H3;1-11H,12H2;6-11,16H,2-5H2,1H3;1-6,12H;1-5H,6H2;1H,4-5H2,2H3;3H,1,4H2,2H3;1H. The van der Waals surface area contributed by atoms with Crippen molar-refractivity contribution >= 4 is 97.3 Å². The van der Waals surface area contributed by atoms with Crippen LogP contribution in [0, 0.1) is 24.2 Å². The average molecular weight is 1610 g/mol. The molecule has 109 heavy (non-hydrogen) atoms. The van der Waals surface area contributed by atoms with Crippen molar-refractivity contribution in [3.8, 4) is 52.9 Å². The molecule has 2 N–H and O–H groups in total. The number of hydrogen-bond acceptors (Lipinski definition) is 7. The van der Waals surface area contributed by atoms with Gasteiger partial charge in [0, 0.05) is 41.3 Å². The number of halogens is 3. The predicted molar refractivity (Wildman–Crippen MR) is 474 cm³/mol. The lowest BCUT2D eigenvalue weighted by Crippen LogP contribution is -2.15. The summed E-state index contributed by atoms with van der Waals surface area (Å²) in [5.41, 5.74) is 7.42. The van der Waals surface area contributed by atoms with Gasteiger partial charge in [-0.2, -0.15) is 0 Å². The normalized spacial score (nSPS) is 10.4. The molecule has 0 saturated heterocycles. The van der Waals surface area contributed by atoms with E-state index in [2.05, 4.69) is 216 Å². The van der Waals surface area contributed by atoms with Crippen molar-refractivity contribution < 1.29 is 35.3 Å². The van der Waals surface area contributed by atoms with Gasteiger partial charge in [-0.15, -0.1) is 23.9 Å². The molecule has 13 aromatic rings. The van der Waals surface area contributed by atoms with Crippen molar-refractivity contribution in [1.29, 1.82) is 0 Å². The maximum Gasteiger partial charge on any atom is 0.196 e. The molecule has 13 rings (SSSR count). The molecule has 0 saturated carbocycles. The highest BCUT2D eigenvalue weighted by Gasteiger charge is 2.07. The number of ether oxygens (including phenoxy) is 5. The quantitative estimate of drug-likeness (QED) is 0.0217. The average Bonchev–Trinajstić information content (AvgIpc) is 0.830. The van der Waals surface area contributed by atoms with Crippen LogP contribution in [0.3, 0.4) is 0 Å². The number of aryl methyl sites for hydroxylation is 2. The molecule has 1 unspecified atom stereocenters. The minimum Gasteiger partial charge on any atom is -0.508 e. The maximum absolute atomic E-state index is 9.37. The van der Waals surface area contributed by atoms with Crippen LogP contribution in [0.2, 0.25) is 0 Å². The molecule has 7 nitrogen and oxygen atoms in total. The first-order chi connectivity index (χ1) is 53.2. The fourth-order valence-electron chi connectivity index (χ4n) is 11.0. The summed E-state index contributed by atoms with van der Waals surface area (Å²) in [5.74, 6) is 12.8. The summed E-state index contributed by atoms with van der Waals surface area (Å²) in [6.07, 6.45) is 20.2. The van der Waals surface area contributed by atoms with Crippen LogP contribution in [0.5, 0.6) is 28.7 Å². The van der Waals surface area contributed by atoms with E-state index >= 15 is 0 Å². The maximum atomic E-state index is 9.37. The first kappa shape index (κ1) is 87.9. The van der Waals surface area contributed by atoms with Crippen LogP contribution in [0.4, 0.5) is 0 Å². The van der Waals surface area contributed by atoms with E-state index in [0.29, 0.717) is 37.2 Å². The topological polar surface area (TPSA) is 86.6 Å². The lowest BCUT2D eigenvalue weighted by Gasteiger charge is -2.14. The number of terminal acetylenes is 1. The molecule has 13 aromatic carbocycles. The Morgan fingerprint density at radius 1 is 0.422 bits per heavy atom. The van der Waals surface area contributed by atoms with Gasteiger partial charge in [-0.1, -0.05) is 280 Å². The number of unbranched alkanes of at least 4 members (excludes halogenated alkanes) is 6. The molecule has 0 fully saturated rings. The monoisotopic (exact) mass is 1600 g/mol. The molecule has 1 atom stereocenters. The van der Waals surface area contributed by atoms with E-state index in [1.54, 1.807) is 18.2 Å². The largest absolute Gasteiger partial charge is 0.508 e. The Balaban J connectivity index is 0.000000234. The number of rotatable bonds is 23. The van der Waals surface area contributed by atoms with E-state index in [1.165, 1.54) is 117 Å². The number of fused-ring (bicyclic) bond motifs is 5. The van der Waals surface area contributed by atoms with Gasteiger partial charge in [-0.05, 0) is 238 Å². The van der Waals surface area contributed by atoms with Crippen molar-refractivity contribution in [1.82, 2.24) is 0 Å². The number of benzene rings is 13. The molecule has 0 amide bonds.